The maximum atomic E-state index is 14.2. The first kappa shape index (κ1) is 21.4. The van der Waals surface area contributed by atoms with Gasteiger partial charge in [-0.15, -0.1) is 0 Å². The largest absolute Gasteiger partial charge is 0.322 e. The Balaban J connectivity index is 1.83. The molecular formula is C19H21FN2O5S2. The summed E-state index contributed by atoms with van der Waals surface area (Å²) >= 11 is 0. The van der Waals surface area contributed by atoms with Gasteiger partial charge < -0.3 is 5.32 Å². The quantitative estimate of drug-likeness (QED) is 0.744. The number of nitrogens with zero attached hydrogens (tertiary/aromatic N) is 1. The molecule has 1 aliphatic rings. The molecule has 156 valence electrons. The zero-order chi connectivity index (χ0) is 21.2. The minimum atomic E-state index is -4.01. The van der Waals surface area contributed by atoms with E-state index in [0.717, 1.165) is 12.1 Å². The lowest BCUT2D eigenvalue weighted by molar-refractivity contribution is 0.102. The van der Waals surface area contributed by atoms with E-state index in [2.05, 4.69) is 5.32 Å². The third kappa shape index (κ3) is 4.49. The van der Waals surface area contributed by atoms with Gasteiger partial charge in [-0.3, -0.25) is 4.79 Å². The van der Waals surface area contributed by atoms with Gasteiger partial charge in [0.2, 0.25) is 10.0 Å². The summed E-state index contributed by atoms with van der Waals surface area (Å²) < 4.78 is 64.4. The van der Waals surface area contributed by atoms with Gasteiger partial charge in [-0.05, 0) is 55.3 Å². The molecule has 0 aliphatic carbocycles. The molecule has 2 aromatic carbocycles. The second kappa shape index (κ2) is 8.21. The van der Waals surface area contributed by atoms with E-state index in [9.17, 15) is 26.0 Å². The molecule has 1 saturated heterocycles. The highest BCUT2D eigenvalue weighted by molar-refractivity contribution is 7.91. The predicted octanol–water partition coefficient (Wildman–Crippen LogP) is 2.66. The normalized spacial score (nSPS) is 15.4. The first-order valence-corrected chi connectivity index (χ1v) is 12.2. The van der Waals surface area contributed by atoms with Crippen molar-refractivity contribution in [3.63, 3.8) is 0 Å². The fourth-order valence-electron chi connectivity index (χ4n) is 3.03. The van der Waals surface area contributed by atoms with Crippen LogP contribution in [0.4, 0.5) is 10.1 Å². The summed E-state index contributed by atoms with van der Waals surface area (Å²) in [5.41, 5.74) is 0.313. The fourth-order valence-corrected chi connectivity index (χ4v) is 5.52. The van der Waals surface area contributed by atoms with Crippen LogP contribution in [0.1, 0.15) is 30.1 Å². The molecule has 1 fully saturated rings. The minimum absolute atomic E-state index is 0.0190. The number of anilines is 1. The Hall–Kier alpha value is -2.30. The average Bonchev–Trinajstić information content (AvgIpc) is 3.24. The SMILES string of the molecule is CCS(=O)(=O)c1ccc(NC(=O)c2ccc(F)c(S(=O)(=O)N3CCCC3)c2)cc1. The molecule has 0 saturated carbocycles. The Kier molecular flexibility index (Phi) is 6.06. The Morgan fingerprint density at radius 2 is 1.66 bits per heavy atom. The molecule has 0 unspecified atom stereocenters. The molecule has 1 heterocycles. The Morgan fingerprint density at radius 3 is 2.24 bits per heavy atom. The summed E-state index contributed by atoms with van der Waals surface area (Å²) in [4.78, 5) is 12.1. The number of hydrogen-bond donors (Lipinski definition) is 1. The van der Waals surface area contributed by atoms with Gasteiger partial charge in [0, 0.05) is 24.3 Å². The van der Waals surface area contributed by atoms with Gasteiger partial charge in [-0.1, -0.05) is 6.92 Å². The first-order chi connectivity index (χ1) is 13.6. The smallest absolute Gasteiger partial charge is 0.255 e. The van der Waals surface area contributed by atoms with Gasteiger partial charge in [-0.2, -0.15) is 4.31 Å². The standard InChI is InChI=1S/C19H21FN2O5S2/c1-2-28(24,25)16-8-6-15(7-9-16)21-19(23)14-5-10-17(20)18(13-14)29(26,27)22-11-3-4-12-22/h5-10,13H,2-4,11-12H2,1H3,(H,21,23). The van der Waals surface area contributed by atoms with Crippen LogP contribution in [0.2, 0.25) is 0 Å². The van der Waals surface area contributed by atoms with E-state index in [1.165, 1.54) is 41.6 Å². The molecule has 2 aromatic rings. The van der Waals surface area contributed by atoms with E-state index in [0.29, 0.717) is 31.6 Å². The number of nitrogens with one attached hydrogen (secondary N) is 1. The highest BCUT2D eigenvalue weighted by Gasteiger charge is 2.30. The minimum Gasteiger partial charge on any atom is -0.322 e. The van der Waals surface area contributed by atoms with Crippen molar-refractivity contribution in [1.29, 1.82) is 0 Å². The van der Waals surface area contributed by atoms with Gasteiger partial charge in [0.1, 0.15) is 10.7 Å². The van der Waals surface area contributed by atoms with Gasteiger partial charge in [-0.25, -0.2) is 21.2 Å². The Morgan fingerprint density at radius 1 is 1.03 bits per heavy atom. The van der Waals surface area contributed by atoms with Gasteiger partial charge in [0.25, 0.3) is 5.91 Å². The van der Waals surface area contributed by atoms with Crippen LogP contribution in [0.3, 0.4) is 0 Å². The van der Waals surface area contributed by atoms with Gasteiger partial charge in [0.05, 0.1) is 10.6 Å². The average molecular weight is 441 g/mol. The van der Waals surface area contributed by atoms with E-state index in [-0.39, 0.29) is 16.2 Å². The number of halogens is 1. The van der Waals surface area contributed by atoms with Crippen LogP contribution in [-0.2, 0) is 19.9 Å². The molecule has 0 bridgehead atoms. The van der Waals surface area contributed by atoms with E-state index < -0.39 is 36.5 Å². The maximum Gasteiger partial charge on any atom is 0.255 e. The molecule has 29 heavy (non-hydrogen) atoms. The molecular weight excluding hydrogens is 419 g/mol. The highest BCUT2D eigenvalue weighted by Crippen LogP contribution is 2.25. The number of rotatable bonds is 6. The van der Waals surface area contributed by atoms with Crippen molar-refractivity contribution >= 4 is 31.5 Å². The van der Waals surface area contributed by atoms with Crippen molar-refractivity contribution in [2.45, 2.75) is 29.6 Å². The van der Waals surface area contributed by atoms with Gasteiger partial charge >= 0.3 is 0 Å². The maximum absolute atomic E-state index is 14.2. The number of carbonyl (C=O) groups excluding carboxylic acids is 1. The number of carbonyl (C=O) groups is 1. The predicted molar refractivity (Wildman–Crippen MR) is 107 cm³/mol. The summed E-state index contributed by atoms with van der Waals surface area (Å²) in [6.07, 6.45) is 1.43. The molecule has 1 amide bonds. The summed E-state index contributed by atoms with van der Waals surface area (Å²) in [6, 6.07) is 8.80. The number of amides is 1. The summed E-state index contributed by atoms with van der Waals surface area (Å²) in [5.74, 6) is -1.58. The van der Waals surface area contributed by atoms with Gasteiger partial charge in [0.15, 0.2) is 9.84 Å². The van der Waals surface area contributed by atoms with Crippen molar-refractivity contribution in [3.05, 3.63) is 53.8 Å². The lowest BCUT2D eigenvalue weighted by atomic mass is 10.2. The fraction of sp³-hybridized carbons (Fsp3) is 0.316. The van der Waals surface area contributed by atoms with Crippen molar-refractivity contribution in [1.82, 2.24) is 4.31 Å². The molecule has 0 atom stereocenters. The monoisotopic (exact) mass is 440 g/mol. The van der Waals surface area contributed by atoms with Crippen LogP contribution >= 0.6 is 0 Å². The van der Waals surface area contributed by atoms with Crippen LogP contribution < -0.4 is 5.32 Å². The lowest BCUT2D eigenvalue weighted by Crippen LogP contribution is -2.29. The zero-order valence-corrected chi connectivity index (χ0v) is 17.4. The zero-order valence-electron chi connectivity index (χ0n) is 15.8. The van der Waals surface area contributed by atoms with Crippen LogP contribution in [0.5, 0.6) is 0 Å². The van der Waals surface area contributed by atoms with Crippen LogP contribution in [0.15, 0.2) is 52.3 Å². The van der Waals surface area contributed by atoms with Crippen molar-refractivity contribution in [3.8, 4) is 0 Å². The van der Waals surface area contributed by atoms with Crippen LogP contribution in [0, 0.1) is 5.82 Å². The molecule has 7 nitrogen and oxygen atoms in total. The number of sulfonamides is 1. The molecule has 3 rings (SSSR count). The second-order valence-corrected chi connectivity index (χ2v) is 10.8. The molecule has 0 aromatic heterocycles. The second-order valence-electron chi connectivity index (χ2n) is 6.64. The first-order valence-electron chi connectivity index (χ1n) is 9.09. The third-order valence-electron chi connectivity index (χ3n) is 4.73. The van der Waals surface area contributed by atoms with E-state index in [4.69, 9.17) is 0 Å². The highest BCUT2D eigenvalue weighted by atomic mass is 32.2. The molecule has 1 N–H and O–H groups in total. The van der Waals surface area contributed by atoms with E-state index in [1.807, 2.05) is 0 Å². The van der Waals surface area contributed by atoms with Crippen LogP contribution in [0.25, 0.3) is 0 Å². The Labute approximate surface area is 169 Å². The third-order valence-corrected chi connectivity index (χ3v) is 8.39. The van der Waals surface area contributed by atoms with E-state index >= 15 is 0 Å². The summed E-state index contributed by atoms with van der Waals surface area (Å²) in [5, 5.41) is 2.56. The topological polar surface area (TPSA) is 101 Å². The van der Waals surface area contributed by atoms with Crippen LogP contribution in [-0.4, -0.2) is 45.9 Å². The molecule has 0 radical (unpaired) electrons. The Bertz CT molecular complexity index is 1120. The molecule has 1 aliphatic heterocycles. The lowest BCUT2D eigenvalue weighted by Gasteiger charge is -2.16. The number of benzene rings is 2. The van der Waals surface area contributed by atoms with Crippen molar-refractivity contribution in [2.75, 3.05) is 24.2 Å². The van der Waals surface area contributed by atoms with Crippen molar-refractivity contribution in [2.24, 2.45) is 0 Å². The summed E-state index contributed by atoms with van der Waals surface area (Å²) in [6.45, 7) is 2.18. The van der Waals surface area contributed by atoms with Crippen molar-refractivity contribution < 1.29 is 26.0 Å². The number of hydrogen-bond acceptors (Lipinski definition) is 5. The summed E-state index contributed by atoms with van der Waals surface area (Å²) in [7, 11) is -7.37. The number of sulfone groups is 1. The van der Waals surface area contributed by atoms with E-state index in [1.54, 1.807) is 0 Å². The molecule has 10 heteroatoms. The molecule has 0 spiro atoms.